The number of halogens is 1. The molecule has 0 saturated carbocycles. The molecule has 1 N–H and O–H groups in total. The fourth-order valence-corrected chi connectivity index (χ4v) is 3.97. The highest BCUT2D eigenvalue weighted by molar-refractivity contribution is 6.32. The molecule has 0 aliphatic heterocycles. The normalized spacial score (nSPS) is 11.1. The van der Waals surface area contributed by atoms with Crippen molar-refractivity contribution in [2.45, 2.75) is 6.54 Å². The molecular weight excluding hydrogens is 442 g/mol. The molecule has 33 heavy (non-hydrogen) atoms. The smallest absolute Gasteiger partial charge is 0.293 e. The summed E-state index contributed by atoms with van der Waals surface area (Å²) < 4.78 is 7.64. The number of fused-ring (bicyclic) bond motifs is 2. The maximum absolute atomic E-state index is 13.0. The van der Waals surface area contributed by atoms with Crippen LogP contribution in [0.1, 0.15) is 0 Å². The Bertz CT molecular complexity index is 1570. The quantitative estimate of drug-likeness (QED) is 0.429. The van der Waals surface area contributed by atoms with Crippen molar-refractivity contribution in [2.75, 3.05) is 12.4 Å². The van der Waals surface area contributed by atoms with Gasteiger partial charge in [0.05, 0.1) is 17.8 Å². The van der Waals surface area contributed by atoms with Crippen molar-refractivity contribution < 1.29 is 9.53 Å². The van der Waals surface area contributed by atoms with E-state index in [2.05, 4.69) is 15.5 Å². The van der Waals surface area contributed by atoms with Crippen LogP contribution in [0, 0.1) is 0 Å². The van der Waals surface area contributed by atoms with Crippen molar-refractivity contribution in [1.29, 1.82) is 0 Å². The van der Waals surface area contributed by atoms with Crippen molar-refractivity contribution in [3.63, 3.8) is 0 Å². The molecule has 8 nitrogen and oxygen atoms in total. The Balaban J connectivity index is 1.43. The summed E-state index contributed by atoms with van der Waals surface area (Å²) in [6.07, 6.45) is 1.42. The van der Waals surface area contributed by atoms with E-state index >= 15 is 0 Å². The average molecular weight is 460 g/mol. The second kappa shape index (κ2) is 8.40. The van der Waals surface area contributed by atoms with Gasteiger partial charge in [-0.05, 0) is 35.0 Å². The van der Waals surface area contributed by atoms with Gasteiger partial charge in [0.25, 0.3) is 5.56 Å². The van der Waals surface area contributed by atoms with Gasteiger partial charge in [-0.15, -0.1) is 0 Å². The van der Waals surface area contributed by atoms with E-state index in [0.29, 0.717) is 27.7 Å². The van der Waals surface area contributed by atoms with E-state index < -0.39 is 11.5 Å². The summed E-state index contributed by atoms with van der Waals surface area (Å²) in [5.74, 6) is 0.0877. The monoisotopic (exact) mass is 459 g/mol. The number of aromatic nitrogens is 4. The highest BCUT2D eigenvalue weighted by Crippen LogP contribution is 2.28. The van der Waals surface area contributed by atoms with Gasteiger partial charge in [0.15, 0.2) is 0 Å². The number of rotatable bonds is 5. The summed E-state index contributed by atoms with van der Waals surface area (Å²) in [7, 11) is 1.51. The molecule has 3 aromatic carbocycles. The lowest BCUT2D eigenvalue weighted by molar-refractivity contribution is -0.117. The molecule has 2 aromatic heterocycles. The number of benzene rings is 3. The van der Waals surface area contributed by atoms with Gasteiger partial charge in [0.2, 0.25) is 5.91 Å². The number of methoxy groups -OCH3 is 1. The van der Waals surface area contributed by atoms with Crippen molar-refractivity contribution in [3.05, 3.63) is 88.4 Å². The average Bonchev–Trinajstić information content (AvgIpc) is 3.26. The van der Waals surface area contributed by atoms with Crippen LogP contribution in [-0.4, -0.2) is 32.4 Å². The lowest BCUT2D eigenvalue weighted by Crippen LogP contribution is -2.30. The van der Waals surface area contributed by atoms with Gasteiger partial charge in [-0.25, -0.2) is 9.20 Å². The van der Waals surface area contributed by atoms with Crippen LogP contribution in [-0.2, 0) is 11.3 Å². The second-order valence-corrected chi connectivity index (χ2v) is 7.78. The number of ether oxygens (including phenoxy) is 1. The molecule has 0 aliphatic rings. The Hall–Kier alpha value is -4.17. The standard InChI is InChI=1S/C24H18ClN5O3/c1-33-22-10-9-16(11-19(22)25)27-23(31)13-29-24(32)21-12-20(28-30(21)14-26-29)18-8-4-6-15-5-2-3-7-17(15)18/h2-12,14H,13H2,1H3,(H,27,31). The van der Waals surface area contributed by atoms with Crippen LogP contribution in [0.5, 0.6) is 5.75 Å². The van der Waals surface area contributed by atoms with Crippen LogP contribution in [0.2, 0.25) is 5.02 Å². The van der Waals surface area contributed by atoms with Crippen LogP contribution in [0.25, 0.3) is 27.5 Å². The fourth-order valence-electron chi connectivity index (χ4n) is 3.71. The first-order valence-electron chi connectivity index (χ1n) is 10.1. The van der Waals surface area contributed by atoms with Gasteiger partial charge in [-0.3, -0.25) is 9.59 Å². The maximum Gasteiger partial charge on any atom is 0.293 e. The molecular formula is C24H18ClN5O3. The topological polar surface area (TPSA) is 90.5 Å². The number of hydrogen-bond donors (Lipinski definition) is 1. The van der Waals surface area contributed by atoms with E-state index in [-0.39, 0.29) is 6.54 Å². The Morgan fingerprint density at radius 3 is 2.73 bits per heavy atom. The molecule has 2 heterocycles. The first-order chi connectivity index (χ1) is 16.0. The summed E-state index contributed by atoms with van der Waals surface area (Å²) in [4.78, 5) is 25.5. The largest absolute Gasteiger partial charge is 0.495 e. The van der Waals surface area contributed by atoms with Crippen LogP contribution in [0.3, 0.4) is 0 Å². The zero-order valence-corrected chi connectivity index (χ0v) is 18.3. The summed E-state index contributed by atoms with van der Waals surface area (Å²) in [6, 6.07) is 20.5. The zero-order valence-electron chi connectivity index (χ0n) is 17.5. The van der Waals surface area contributed by atoms with Crippen LogP contribution >= 0.6 is 11.6 Å². The molecule has 5 rings (SSSR count). The number of nitrogens with one attached hydrogen (secondary N) is 1. The number of amides is 1. The molecule has 0 unspecified atom stereocenters. The first-order valence-corrected chi connectivity index (χ1v) is 10.5. The third-order valence-electron chi connectivity index (χ3n) is 5.28. The second-order valence-electron chi connectivity index (χ2n) is 7.38. The summed E-state index contributed by atoms with van der Waals surface area (Å²) >= 11 is 6.10. The number of anilines is 1. The molecule has 0 bridgehead atoms. The van der Waals surface area contributed by atoms with Gasteiger partial charge in [0, 0.05) is 11.3 Å². The van der Waals surface area contributed by atoms with Crippen LogP contribution in [0.4, 0.5) is 5.69 Å². The van der Waals surface area contributed by atoms with E-state index in [9.17, 15) is 9.59 Å². The summed E-state index contributed by atoms with van der Waals surface area (Å²) in [5.41, 5.74) is 1.97. The minimum Gasteiger partial charge on any atom is -0.495 e. The third kappa shape index (κ3) is 3.92. The third-order valence-corrected chi connectivity index (χ3v) is 5.58. The Morgan fingerprint density at radius 2 is 1.91 bits per heavy atom. The van der Waals surface area contributed by atoms with E-state index in [4.69, 9.17) is 16.3 Å². The molecule has 0 spiro atoms. The van der Waals surface area contributed by atoms with E-state index in [1.807, 2.05) is 42.5 Å². The highest BCUT2D eigenvalue weighted by atomic mass is 35.5. The van der Waals surface area contributed by atoms with Crippen molar-refractivity contribution >= 4 is 39.5 Å². The number of hydrogen-bond acceptors (Lipinski definition) is 5. The van der Waals surface area contributed by atoms with Gasteiger partial charge < -0.3 is 10.1 Å². The first kappa shape index (κ1) is 20.7. The minimum absolute atomic E-state index is 0.256. The molecule has 0 saturated heterocycles. The van der Waals surface area contributed by atoms with Crippen molar-refractivity contribution in [1.82, 2.24) is 19.4 Å². The molecule has 0 atom stereocenters. The number of nitrogens with zero attached hydrogens (tertiary/aromatic N) is 4. The maximum atomic E-state index is 13.0. The predicted octanol–water partition coefficient (Wildman–Crippen LogP) is 4.01. The summed E-state index contributed by atoms with van der Waals surface area (Å²) in [5, 5.41) is 13.8. The molecule has 0 aliphatic carbocycles. The Kier molecular flexibility index (Phi) is 5.27. The highest BCUT2D eigenvalue weighted by Gasteiger charge is 2.14. The predicted molar refractivity (Wildman–Crippen MR) is 127 cm³/mol. The molecule has 164 valence electrons. The van der Waals surface area contributed by atoms with Crippen LogP contribution in [0.15, 0.2) is 77.9 Å². The number of carbonyl (C=O) groups is 1. The SMILES string of the molecule is COc1ccc(NC(=O)Cn2ncn3nc(-c4cccc5ccccc45)cc3c2=O)cc1Cl. The van der Waals surface area contributed by atoms with Crippen LogP contribution < -0.4 is 15.6 Å². The summed E-state index contributed by atoms with van der Waals surface area (Å²) in [6.45, 7) is -0.256. The molecule has 5 aromatic rings. The molecule has 0 radical (unpaired) electrons. The Morgan fingerprint density at radius 1 is 1.09 bits per heavy atom. The molecule has 9 heteroatoms. The van der Waals surface area contributed by atoms with E-state index in [0.717, 1.165) is 21.0 Å². The lowest BCUT2D eigenvalue weighted by Gasteiger charge is -2.08. The molecule has 0 fully saturated rings. The Labute approximate surface area is 193 Å². The van der Waals surface area contributed by atoms with E-state index in [1.54, 1.807) is 24.3 Å². The fraction of sp³-hybridized carbons (Fsp3) is 0.0833. The van der Waals surface area contributed by atoms with Gasteiger partial charge in [-0.2, -0.15) is 10.2 Å². The van der Waals surface area contributed by atoms with Gasteiger partial charge in [0.1, 0.15) is 24.1 Å². The number of carbonyl (C=O) groups excluding carboxylic acids is 1. The lowest BCUT2D eigenvalue weighted by atomic mass is 10.0. The molecule has 1 amide bonds. The van der Waals surface area contributed by atoms with Crippen molar-refractivity contribution in [3.8, 4) is 17.0 Å². The van der Waals surface area contributed by atoms with E-state index in [1.165, 1.54) is 18.0 Å². The van der Waals surface area contributed by atoms with Gasteiger partial charge in [-0.1, -0.05) is 54.1 Å². The van der Waals surface area contributed by atoms with Crippen molar-refractivity contribution in [2.24, 2.45) is 0 Å². The zero-order chi connectivity index (χ0) is 22.9. The van der Waals surface area contributed by atoms with Gasteiger partial charge >= 0.3 is 0 Å². The minimum atomic E-state index is -0.417.